The zero-order valence-electron chi connectivity index (χ0n) is 29.9. The lowest BCUT2D eigenvalue weighted by Gasteiger charge is -2.34. The van der Waals surface area contributed by atoms with Crippen LogP contribution in [0, 0.1) is 11.7 Å². The van der Waals surface area contributed by atoms with Gasteiger partial charge in [0.2, 0.25) is 11.8 Å². The number of ether oxygens (including phenoxy) is 3. The topological polar surface area (TPSA) is 135 Å². The molecule has 0 bridgehead atoms. The van der Waals surface area contributed by atoms with Gasteiger partial charge in [0.05, 0.1) is 19.7 Å². The van der Waals surface area contributed by atoms with Crippen molar-refractivity contribution in [1.29, 1.82) is 0 Å². The molecule has 2 aliphatic heterocycles. The Bertz CT molecular complexity index is 1480. The molecule has 4 amide bonds. The molecule has 3 aliphatic rings. The van der Waals surface area contributed by atoms with Crippen LogP contribution in [0.1, 0.15) is 83.8 Å². The summed E-state index contributed by atoms with van der Waals surface area (Å²) in [6.07, 6.45) is 4.62. The number of allylic oxidation sites excluding steroid dienone is 1. The second-order valence-corrected chi connectivity index (χ2v) is 14.2. The number of rotatable bonds is 14. The molecule has 50 heavy (non-hydrogen) atoms. The number of fused-ring (bicyclic) bond motifs is 1. The van der Waals surface area contributed by atoms with Gasteiger partial charge in [-0.3, -0.25) is 14.5 Å². The van der Waals surface area contributed by atoms with Gasteiger partial charge >= 0.3 is 18.2 Å². The SMILES string of the molecule is C=CCCCCC[C@H](NC(=O)OC(C)(C)C)C(=O)N1C[C@H](OC(=O)N2Cc3cccc(F)c3C2)C[C@H]1C(=O)N(C)[C@@]1(C(=O)OCC)C[C@H]1C=C. The lowest BCUT2D eigenvalue weighted by molar-refractivity contribution is -0.158. The standard InChI is InChI=1S/C37H51FN4O8/c1-8-11-12-13-14-18-29(39-34(46)50-36(4,5)6)31(43)42-22-26(49-35(47)41-21-24-16-15-17-28(38)27(24)23-41)19-30(42)32(44)40(7)37(20-25(37)9-2)33(45)48-10-3/h8-9,15-17,25-26,29-30H,1-2,10-14,18-23H2,3-7H3,(H,39,46)/t25-,26-,29+,30+,37+/m1/s1. The molecule has 2 heterocycles. The van der Waals surface area contributed by atoms with Gasteiger partial charge in [-0.15, -0.1) is 13.2 Å². The fourth-order valence-electron chi connectivity index (χ4n) is 6.80. The number of likely N-dealkylation sites (N-methyl/N-ethyl adjacent to an activating group) is 1. The van der Waals surface area contributed by atoms with E-state index in [-0.39, 0.29) is 45.0 Å². The number of esters is 1. The number of alkyl carbamates (subject to hydrolysis) is 1. The number of nitrogens with one attached hydrogen (secondary N) is 1. The Hall–Kier alpha value is -4.42. The second-order valence-electron chi connectivity index (χ2n) is 14.2. The highest BCUT2D eigenvalue weighted by molar-refractivity contribution is 5.96. The van der Waals surface area contributed by atoms with E-state index in [9.17, 15) is 28.4 Å². The van der Waals surface area contributed by atoms with Crippen molar-refractivity contribution in [2.75, 3.05) is 20.2 Å². The zero-order chi connectivity index (χ0) is 36.8. The molecule has 13 heteroatoms. The van der Waals surface area contributed by atoms with E-state index in [4.69, 9.17) is 14.2 Å². The summed E-state index contributed by atoms with van der Waals surface area (Å²) < 4.78 is 31.1. The van der Waals surface area contributed by atoms with Crippen molar-refractivity contribution in [3.63, 3.8) is 0 Å². The first kappa shape index (κ1) is 38.4. The van der Waals surface area contributed by atoms with E-state index in [1.54, 1.807) is 45.9 Å². The van der Waals surface area contributed by atoms with Gasteiger partial charge in [0.1, 0.15) is 35.1 Å². The van der Waals surface area contributed by atoms with E-state index in [1.807, 2.05) is 6.08 Å². The first-order valence-corrected chi connectivity index (χ1v) is 17.4. The van der Waals surface area contributed by atoms with Gasteiger partial charge in [-0.2, -0.15) is 0 Å². The summed E-state index contributed by atoms with van der Waals surface area (Å²) in [7, 11) is 1.50. The van der Waals surface area contributed by atoms with Crippen molar-refractivity contribution in [1.82, 2.24) is 20.0 Å². The second kappa shape index (κ2) is 16.1. The first-order chi connectivity index (χ1) is 23.7. The van der Waals surface area contributed by atoms with Crippen molar-refractivity contribution in [3.05, 3.63) is 60.5 Å². The third-order valence-electron chi connectivity index (χ3n) is 9.50. The van der Waals surface area contributed by atoms with E-state index in [0.29, 0.717) is 24.0 Å². The van der Waals surface area contributed by atoms with Crippen LogP contribution in [0.15, 0.2) is 43.5 Å². The molecule has 0 unspecified atom stereocenters. The number of carbonyl (C=O) groups excluding carboxylic acids is 5. The molecular weight excluding hydrogens is 647 g/mol. The highest BCUT2D eigenvalue weighted by Crippen LogP contribution is 2.50. The smallest absolute Gasteiger partial charge is 0.410 e. The van der Waals surface area contributed by atoms with Crippen molar-refractivity contribution in [2.45, 2.75) is 115 Å². The molecule has 12 nitrogen and oxygen atoms in total. The third kappa shape index (κ3) is 8.65. The summed E-state index contributed by atoms with van der Waals surface area (Å²) in [5.41, 5.74) is -1.00. The number of amides is 4. The molecule has 1 N–H and O–H groups in total. The molecule has 0 radical (unpaired) electrons. The summed E-state index contributed by atoms with van der Waals surface area (Å²) >= 11 is 0. The number of nitrogens with zero attached hydrogens (tertiary/aromatic N) is 3. The van der Waals surface area contributed by atoms with E-state index < -0.39 is 65.1 Å². The number of benzene rings is 1. The van der Waals surface area contributed by atoms with Crippen molar-refractivity contribution in [3.8, 4) is 0 Å². The Kier molecular flexibility index (Phi) is 12.3. The lowest BCUT2D eigenvalue weighted by atomic mass is 10.0. The van der Waals surface area contributed by atoms with Crippen LogP contribution < -0.4 is 5.32 Å². The summed E-state index contributed by atoms with van der Waals surface area (Å²) in [6, 6.07) is 2.49. The molecule has 4 rings (SSSR count). The number of halogens is 1. The lowest BCUT2D eigenvalue weighted by Crippen LogP contribution is -2.57. The van der Waals surface area contributed by atoms with Gasteiger partial charge in [0.15, 0.2) is 0 Å². The summed E-state index contributed by atoms with van der Waals surface area (Å²) in [5, 5.41) is 2.70. The average molecular weight is 699 g/mol. The molecule has 1 aromatic rings. The molecule has 1 aliphatic carbocycles. The molecule has 2 fully saturated rings. The van der Waals surface area contributed by atoms with Crippen LogP contribution in [0.2, 0.25) is 0 Å². The Labute approximate surface area is 293 Å². The zero-order valence-corrected chi connectivity index (χ0v) is 29.9. The minimum absolute atomic E-state index is 0.0278. The van der Waals surface area contributed by atoms with Gasteiger partial charge in [0.25, 0.3) is 0 Å². The number of carbonyl (C=O) groups is 5. The predicted octanol–water partition coefficient (Wildman–Crippen LogP) is 5.24. The van der Waals surface area contributed by atoms with E-state index in [1.165, 1.54) is 27.8 Å². The van der Waals surface area contributed by atoms with Gasteiger partial charge in [-0.1, -0.05) is 37.1 Å². The van der Waals surface area contributed by atoms with E-state index in [0.717, 1.165) is 19.3 Å². The molecular formula is C37H51FN4O8. The third-order valence-corrected chi connectivity index (χ3v) is 9.50. The van der Waals surface area contributed by atoms with E-state index in [2.05, 4.69) is 18.5 Å². The Morgan fingerprint density at radius 3 is 2.50 bits per heavy atom. The quantitative estimate of drug-likeness (QED) is 0.121. The fraction of sp³-hybridized carbons (Fsp3) is 0.595. The first-order valence-electron chi connectivity index (χ1n) is 17.4. The van der Waals surface area contributed by atoms with Crippen LogP contribution in [0.25, 0.3) is 0 Å². The normalized spacial score (nSPS) is 23.0. The highest BCUT2D eigenvalue weighted by Gasteiger charge is 2.65. The monoisotopic (exact) mass is 698 g/mol. The molecule has 1 saturated heterocycles. The molecule has 5 atom stereocenters. The van der Waals surface area contributed by atoms with Crippen LogP contribution in [0.5, 0.6) is 0 Å². The van der Waals surface area contributed by atoms with Crippen LogP contribution in [-0.2, 0) is 41.7 Å². The van der Waals surface area contributed by atoms with Gasteiger partial charge in [-0.05, 0) is 65.0 Å². The maximum Gasteiger partial charge on any atom is 0.410 e. The molecule has 1 saturated carbocycles. The molecule has 1 aromatic carbocycles. The molecule has 0 aromatic heterocycles. The summed E-state index contributed by atoms with van der Waals surface area (Å²) in [5.74, 6) is -2.40. The fourth-order valence-corrected chi connectivity index (χ4v) is 6.80. The summed E-state index contributed by atoms with van der Waals surface area (Å²) in [4.78, 5) is 72.1. The minimum Gasteiger partial charge on any atom is -0.464 e. The summed E-state index contributed by atoms with van der Waals surface area (Å²) in [6.45, 7) is 14.5. The van der Waals surface area contributed by atoms with Crippen molar-refractivity contribution in [2.24, 2.45) is 5.92 Å². The maximum absolute atomic E-state index is 14.4. The minimum atomic E-state index is -1.27. The maximum atomic E-state index is 14.4. The van der Waals surface area contributed by atoms with Crippen molar-refractivity contribution < 1.29 is 42.6 Å². The predicted molar refractivity (Wildman–Crippen MR) is 183 cm³/mol. The van der Waals surface area contributed by atoms with Gasteiger partial charge < -0.3 is 29.3 Å². The van der Waals surface area contributed by atoms with Crippen LogP contribution in [0.4, 0.5) is 14.0 Å². The highest BCUT2D eigenvalue weighted by atomic mass is 19.1. The number of likely N-dealkylation sites (tertiary alicyclic amines) is 1. The van der Waals surface area contributed by atoms with Crippen LogP contribution in [-0.4, -0.2) is 94.2 Å². The molecule has 0 spiro atoms. The molecule has 274 valence electrons. The van der Waals surface area contributed by atoms with Gasteiger partial charge in [-0.25, -0.2) is 18.8 Å². The largest absolute Gasteiger partial charge is 0.464 e. The number of hydrogen-bond donors (Lipinski definition) is 1. The average Bonchev–Trinajstić information content (AvgIpc) is 3.39. The van der Waals surface area contributed by atoms with Crippen LogP contribution in [0.3, 0.4) is 0 Å². The van der Waals surface area contributed by atoms with E-state index >= 15 is 0 Å². The van der Waals surface area contributed by atoms with Crippen molar-refractivity contribution >= 4 is 30.0 Å². The Balaban J connectivity index is 1.59. The Morgan fingerprint density at radius 1 is 1.14 bits per heavy atom. The number of hydrogen-bond acceptors (Lipinski definition) is 8. The number of unbranched alkanes of at least 4 members (excludes halogenated alkanes) is 3. The van der Waals surface area contributed by atoms with Gasteiger partial charge in [0, 0.05) is 31.5 Å². The van der Waals surface area contributed by atoms with Crippen LogP contribution >= 0.6 is 0 Å². The Morgan fingerprint density at radius 2 is 1.88 bits per heavy atom.